The minimum Gasteiger partial charge on any atom is -0.372 e. The molecule has 1 aliphatic heterocycles. The zero-order valence-electron chi connectivity index (χ0n) is 6.50. The normalized spacial score (nSPS) is 29.6. The van der Waals surface area contributed by atoms with Gasteiger partial charge in [-0.2, -0.15) is 0 Å². The number of hydrogen-bond acceptors (Lipinski definition) is 2. The van der Waals surface area contributed by atoms with Crippen LogP contribution in [0.15, 0.2) is 0 Å². The Hall–Kier alpha value is 0.110. The van der Waals surface area contributed by atoms with Crippen LogP contribution in [-0.4, -0.2) is 27.9 Å². The van der Waals surface area contributed by atoms with Crippen LogP contribution >= 0.6 is 0 Å². The molecule has 3 heteroatoms. The van der Waals surface area contributed by atoms with E-state index in [1.165, 1.54) is 0 Å². The van der Waals surface area contributed by atoms with Gasteiger partial charge < -0.3 is 4.74 Å². The summed E-state index contributed by atoms with van der Waals surface area (Å²) in [7, 11) is -0.657. The van der Waals surface area contributed by atoms with E-state index < -0.39 is 10.8 Å². The molecule has 0 aromatic heterocycles. The summed E-state index contributed by atoms with van der Waals surface area (Å²) in [6.45, 7) is 4.91. The Kier molecular flexibility index (Phi) is 2.86. The van der Waals surface area contributed by atoms with Crippen LogP contribution in [-0.2, 0) is 15.5 Å². The van der Waals surface area contributed by atoms with Crippen LogP contribution in [0, 0.1) is 0 Å². The molecule has 1 rings (SSSR count). The number of ether oxygens (including phenoxy) is 1. The highest BCUT2D eigenvalue weighted by atomic mass is 32.2. The van der Waals surface area contributed by atoms with E-state index in [0.29, 0.717) is 11.4 Å². The molecule has 1 fully saturated rings. The molecule has 0 aromatic carbocycles. The standard InChI is InChI=1S/C7H14O2S/c1-3-6(2)10(8)5-7-4-9-7/h6-7H,3-5H2,1-2H3/t6?,7-,10?/m0/s1. The summed E-state index contributed by atoms with van der Waals surface area (Å²) < 4.78 is 16.2. The van der Waals surface area contributed by atoms with Crippen molar-refractivity contribution in [1.82, 2.24) is 0 Å². The average molecular weight is 162 g/mol. The average Bonchev–Trinajstić information content (AvgIpc) is 2.70. The second-order valence-corrected chi connectivity index (χ2v) is 4.62. The maximum Gasteiger partial charge on any atom is 0.0924 e. The molecular formula is C7H14O2S. The molecule has 0 aliphatic carbocycles. The quantitative estimate of drug-likeness (QED) is 0.576. The molecule has 0 amide bonds. The Balaban J connectivity index is 2.18. The number of epoxide rings is 1. The van der Waals surface area contributed by atoms with Gasteiger partial charge in [0.2, 0.25) is 0 Å². The SMILES string of the molecule is CCC(C)S(=O)C[C@@H]1CO1. The predicted octanol–water partition coefficient (Wildman–Crippen LogP) is 0.932. The van der Waals surface area contributed by atoms with Crippen LogP contribution in [0.25, 0.3) is 0 Å². The van der Waals surface area contributed by atoms with Crippen LogP contribution in [0.5, 0.6) is 0 Å². The minimum absolute atomic E-state index is 0.315. The highest BCUT2D eigenvalue weighted by Crippen LogP contribution is 2.13. The monoisotopic (exact) mass is 162 g/mol. The highest BCUT2D eigenvalue weighted by molar-refractivity contribution is 7.85. The van der Waals surface area contributed by atoms with E-state index in [1.54, 1.807) is 0 Å². The van der Waals surface area contributed by atoms with Crippen LogP contribution in [0.3, 0.4) is 0 Å². The molecule has 0 radical (unpaired) electrons. The van der Waals surface area contributed by atoms with Gasteiger partial charge in [-0.3, -0.25) is 4.21 Å². The predicted molar refractivity (Wildman–Crippen MR) is 42.5 cm³/mol. The van der Waals surface area contributed by atoms with E-state index in [2.05, 4.69) is 6.92 Å². The lowest BCUT2D eigenvalue weighted by molar-refractivity contribution is 0.424. The molecule has 3 atom stereocenters. The van der Waals surface area contributed by atoms with Crippen molar-refractivity contribution in [1.29, 1.82) is 0 Å². The summed E-state index contributed by atoms with van der Waals surface area (Å²) in [5.74, 6) is 0.745. The summed E-state index contributed by atoms with van der Waals surface area (Å²) in [6.07, 6.45) is 1.31. The van der Waals surface area contributed by atoms with Gasteiger partial charge in [0.25, 0.3) is 0 Å². The maximum atomic E-state index is 11.3. The van der Waals surface area contributed by atoms with Gasteiger partial charge in [0.1, 0.15) is 0 Å². The molecule has 1 heterocycles. The van der Waals surface area contributed by atoms with Crippen molar-refractivity contribution in [3.63, 3.8) is 0 Å². The molecule has 60 valence electrons. The minimum atomic E-state index is -0.657. The zero-order valence-corrected chi connectivity index (χ0v) is 7.32. The summed E-state index contributed by atoms with van der Waals surface area (Å²) in [4.78, 5) is 0. The molecule has 10 heavy (non-hydrogen) atoms. The number of rotatable bonds is 4. The summed E-state index contributed by atoms with van der Waals surface area (Å²) >= 11 is 0. The van der Waals surface area contributed by atoms with E-state index in [9.17, 15) is 4.21 Å². The van der Waals surface area contributed by atoms with Crippen molar-refractivity contribution < 1.29 is 8.95 Å². The third kappa shape index (κ3) is 2.39. The molecule has 0 N–H and O–H groups in total. The van der Waals surface area contributed by atoms with E-state index in [4.69, 9.17) is 4.74 Å². The van der Waals surface area contributed by atoms with Crippen molar-refractivity contribution in [2.75, 3.05) is 12.4 Å². The third-order valence-electron chi connectivity index (χ3n) is 1.78. The van der Waals surface area contributed by atoms with Crippen molar-refractivity contribution in [2.45, 2.75) is 31.6 Å². The van der Waals surface area contributed by atoms with Gasteiger partial charge in [-0.15, -0.1) is 0 Å². The zero-order chi connectivity index (χ0) is 7.56. The van der Waals surface area contributed by atoms with Gasteiger partial charge >= 0.3 is 0 Å². The van der Waals surface area contributed by atoms with Crippen LogP contribution in [0.1, 0.15) is 20.3 Å². The highest BCUT2D eigenvalue weighted by Gasteiger charge is 2.26. The fourth-order valence-electron chi connectivity index (χ4n) is 0.698. The van der Waals surface area contributed by atoms with E-state index >= 15 is 0 Å². The number of hydrogen-bond donors (Lipinski definition) is 0. The van der Waals surface area contributed by atoms with Crippen molar-refractivity contribution in [2.24, 2.45) is 0 Å². The molecule has 0 saturated carbocycles. The van der Waals surface area contributed by atoms with Crippen LogP contribution in [0.4, 0.5) is 0 Å². The molecule has 1 aliphatic rings. The molecule has 2 unspecified atom stereocenters. The first kappa shape index (κ1) is 8.21. The van der Waals surface area contributed by atoms with E-state index in [1.807, 2.05) is 6.92 Å². The fourth-order valence-corrected chi connectivity index (χ4v) is 1.96. The second-order valence-electron chi connectivity index (χ2n) is 2.72. The first-order chi connectivity index (χ1) is 4.74. The molecule has 0 bridgehead atoms. The van der Waals surface area contributed by atoms with Gasteiger partial charge in [0.15, 0.2) is 0 Å². The van der Waals surface area contributed by atoms with Gasteiger partial charge in [0.05, 0.1) is 18.5 Å². The van der Waals surface area contributed by atoms with Crippen molar-refractivity contribution >= 4 is 10.8 Å². The fraction of sp³-hybridized carbons (Fsp3) is 1.00. The lowest BCUT2D eigenvalue weighted by atomic mass is 10.4. The molecule has 0 spiro atoms. The lowest BCUT2D eigenvalue weighted by Crippen LogP contribution is -2.15. The maximum absolute atomic E-state index is 11.3. The smallest absolute Gasteiger partial charge is 0.0924 e. The Bertz CT molecular complexity index is 132. The Morgan fingerprint density at radius 3 is 2.80 bits per heavy atom. The van der Waals surface area contributed by atoms with Crippen molar-refractivity contribution in [3.05, 3.63) is 0 Å². The van der Waals surface area contributed by atoms with E-state index in [-0.39, 0.29) is 0 Å². The Morgan fingerprint density at radius 2 is 2.40 bits per heavy atom. The van der Waals surface area contributed by atoms with Crippen LogP contribution in [0.2, 0.25) is 0 Å². The Morgan fingerprint density at radius 1 is 1.80 bits per heavy atom. The van der Waals surface area contributed by atoms with Gasteiger partial charge in [-0.25, -0.2) is 0 Å². The second kappa shape index (κ2) is 3.49. The van der Waals surface area contributed by atoms with E-state index in [0.717, 1.165) is 18.8 Å². The summed E-state index contributed by atoms with van der Waals surface area (Å²) in [5, 5.41) is 0.337. The van der Waals surface area contributed by atoms with Gasteiger partial charge in [-0.05, 0) is 6.42 Å². The molecule has 0 aromatic rings. The summed E-state index contributed by atoms with van der Waals surface area (Å²) in [6, 6.07) is 0. The molecule has 2 nitrogen and oxygen atoms in total. The topological polar surface area (TPSA) is 29.6 Å². The molecular weight excluding hydrogens is 148 g/mol. The molecule has 1 saturated heterocycles. The first-order valence-corrected chi connectivity index (χ1v) is 5.11. The van der Waals surface area contributed by atoms with Gasteiger partial charge in [0, 0.05) is 16.0 Å². The Labute approximate surface area is 64.4 Å². The van der Waals surface area contributed by atoms with Crippen molar-refractivity contribution in [3.8, 4) is 0 Å². The summed E-state index contributed by atoms with van der Waals surface area (Å²) in [5.41, 5.74) is 0. The van der Waals surface area contributed by atoms with Gasteiger partial charge in [-0.1, -0.05) is 13.8 Å². The first-order valence-electron chi connectivity index (χ1n) is 3.72. The largest absolute Gasteiger partial charge is 0.372 e. The third-order valence-corrected chi connectivity index (χ3v) is 3.71. The van der Waals surface area contributed by atoms with Crippen LogP contribution < -0.4 is 0 Å². The lowest BCUT2D eigenvalue weighted by Gasteiger charge is -2.05.